The molecule has 0 unspecified atom stereocenters. The van der Waals surface area contributed by atoms with Gasteiger partial charge in [0.05, 0.1) is 0 Å². The first-order valence-corrected chi connectivity index (χ1v) is 3.77. The Morgan fingerprint density at radius 1 is 1.36 bits per heavy atom. The summed E-state index contributed by atoms with van der Waals surface area (Å²) in [5.41, 5.74) is 7.77. The van der Waals surface area contributed by atoms with Crippen LogP contribution < -0.4 is 11.1 Å². The normalized spacial score (nSPS) is 12.9. The van der Waals surface area contributed by atoms with Gasteiger partial charge in [0.1, 0.15) is 0 Å². The second-order valence-electron chi connectivity index (χ2n) is 2.64. The van der Waals surface area contributed by atoms with E-state index >= 15 is 0 Å². The van der Waals surface area contributed by atoms with Crippen LogP contribution in [0.4, 0.5) is 5.69 Å². The van der Waals surface area contributed by atoms with E-state index in [1.54, 1.807) is 0 Å². The number of anilines is 1. The summed E-state index contributed by atoms with van der Waals surface area (Å²) in [6, 6.07) is 8.23. The zero-order chi connectivity index (χ0) is 8.27. The maximum atomic E-state index is 5.76. The molecule has 0 bridgehead atoms. The zero-order valence-electron chi connectivity index (χ0n) is 6.96. The van der Waals surface area contributed by atoms with Crippen LogP contribution in [0.2, 0.25) is 0 Å². The van der Waals surface area contributed by atoms with Gasteiger partial charge in [0, 0.05) is 11.7 Å². The van der Waals surface area contributed by atoms with Crippen LogP contribution in [0, 0.1) is 0 Å². The maximum absolute atomic E-state index is 5.76. The van der Waals surface area contributed by atoms with E-state index < -0.39 is 0 Å². The smallest absolute Gasteiger partial charge is 0.0362 e. The molecule has 0 radical (unpaired) electrons. The molecule has 1 atom stereocenters. The van der Waals surface area contributed by atoms with Gasteiger partial charge in [-0.1, -0.05) is 18.2 Å². The van der Waals surface area contributed by atoms with Gasteiger partial charge in [0.15, 0.2) is 0 Å². The first-order valence-electron chi connectivity index (χ1n) is 3.77. The van der Waals surface area contributed by atoms with Crippen molar-refractivity contribution in [2.24, 2.45) is 0 Å². The van der Waals surface area contributed by atoms with Gasteiger partial charge in [-0.2, -0.15) is 0 Å². The Balaban J connectivity index is 2.93. The van der Waals surface area contributed by atoms with Crippen molar-refractivity contribution in [3.63, 3.8) is 0 Å². The molecule has 1 rings (SSSR count). The molecule has 0 heterocycles. The molecule has 0 aromatic heterocycles. The average Bonchev–Trinajstić information content (AvgIpc) is 2.04. The van der Waals surface area contributed by atoms with Crippen molar-refractivity contribution in [2.45, 2.75) is 13.0 Å². The summed E-state index contributed by atoms with van der Waals surface area (Å²) >= 11 is 0. The van der Waals surface area contributed by atoms with Crippen molar-refractivity contribution in [3.05, 3.63) is 29.8 Å². The van der Waals surface area contributed by atoms with Crippen molar-refractivity contribution in [1.82, 2.24) is 5.32 Å². The third-order valence-corrected chi connectivity index (χ3v) is 1.90. The topological polar surface area (TPSA) is 38.0 Å². The van der Waals surface area contributed by atoms with E-state index in [0.717, 1.165) is 11.3 Å². The summed E-state index contributed by atoms with van der Waals surface area (Å²) in [4.78, 5) is 0. The molecule has 3 N–H and O–H groups in total. The van der Waals surface area contributed by atoms with Crippen LogP contribution in [-0.2, 0) is 0 Å². The molecule has 1 aromatic carbocycles. The van der Waals surface area contributed by atoms with Crippen LogP contribution in [0.1, 0.15) is 18.5 Å². The molecule has 1 aromatic rings. The van der Waals surface area contributed by atoms with E-state index in [1.807, 2.05) is 31.3 Å². The largest absolute Gasteiger partial charge is 0.398 e. The number of para-hydroxylation sites is 1. The standard InChI is InChI=1S/C9H14N2/c1-7(11-2)8-5-3-4-6-9(8)10/h3-7,11H,10H2,1-2H3/t7-/m1/s1. The lowest BCUT2D eigenvalue weighted by Gasteiger charge is -2.12. The van der Waals surface area contributed by atoms with Gasteiger partial charge >= 0.3 is 0 Å². The van der Waals surface area contributed by atoms with Gasteiger partial charge in [0.25, 0.3) is 0 Å². The molecule has 0 amide bonds. The Labute approximate surface area is 67.4 Å². The van der Waals surface area contributed by atoms with E-state index in [1.165, 1.54) is 0 Å². The highest BCUT2D eigenvalue weighted by Gasteiger charge is 2.03. The molecule has 60 valence electrons. The average molecular weight is 150 g/mol. The third kappa shape index (κ3) is 1.71. The highest BCUT2D eigenvalue weighted by atomic mass is 14.9. The maximum Gasteiger partial charge on any atom is 0.0362 e. The zero-order valence-corrected chi connectivity index (χ0v) is 6.96. The van der Waals surface area contributed by atoms with E-state index in [4.69, 9.17) is 5.73 Å². The summed E-state index contributed by atoms with van der Waals surface area (Å²) in [6.07, 6.45) is 0. The Hall–Kier alpha value is -1.02. The number of hydrogen-bond donors (Lipinski definition) is 2. The Morgan fingerprint density at radius 3 is 2.55 bits per heavy atom. The van der Waals surface area contributed by atoms with E-state index in [9.17, 15) is 0 Å². The van der Waals surface area contributed by atoms with Crippen LogP contribution in [0.25, 0.3) is 0 Å². The molecular formula is C9H14N2. The lowest BCUT2D eigenvalue weighted by molar-refractivity contribution is 0.654. The van der Waals surface area contributed by atoms with E-state index in [-0.39, 0.29) is 0 Å². The highest BCUT2D eigenvalue weighted by Crippen LogP contribution is 2.18. The van der Waals surface area contributed by atoms with Gasteiger partial charge in [0.2, 0.25) is 0 Å². The number of nitrogens with two attached hydrogens (primary N) is 1. The van der Waals surface area contributed by atoms with Crippen molar-refractivity contribution < 1.29 is 0 Å². The predicted octanol–water partition coefficient (Wildman–Crippen LogP) is 1.55. The van der Waals surface area contributed by atoms with E-state index in [0.29, 0.717) is 6.04 Å². The second kappa shape index (κ2) is 3.39. The Morgan fingerprint density at radius 2 is 2.00 bits per heavy atom. The molecule has 0 aliphatic rings. The fraction of sp³-hybridized carbons (Fsp3) is 0.333. The van der Waals surface area contributed by atoms with Crippen molar-refractivity contribution in [3.8, 4) is 0 Å². The van der Waals surface area contributed by atoms with Crippen LogP contribution in [-0.4, -0.2) is 7.05 Å². The molecule has 0 saturated heterocycles. The van der Waals surface area contributed by atoms with Gasteiger partial charge in [-0.25, -0.2) is 0 Å². The van der Waals surface area contributed by atoms with Crippen molar-refractivity contribution in [2.75, 3.05) is 12.8 Å². The van der Waals surface area contributed by atoms with Crippen molar-refractivity contribution >= 4 is 5.69 Å². The summed E-state index contributed by atoms with van der Waals surface area (Å²) in [5.74, 6) is 0. The van der Waals surface area contributed by atoms with Crippen LogP contribution >= 0.6 is 0 Å². The summed E-state index contributed by atoms with van der Waals surface area (Å²) in [6.45, 7) is 2.09. The third-order valence-electron chi connectivity index (χ3n) is 1.90. The lowest BCUT2D eigenvalue weighted by Crippen LogP contribution is -2.13. The fourth-order valence-electron chi connectivity index (χ4n) is 1.06. The van der Waals surface area contributed by atoms with Gasteiger partial charge in [-0.15, -0.1) is 0 Å². The molecule has 11 heavy (non-hydrogen) atoms. The van der Waals surface area contributed by atoms with Crippen molar-refractivity contribution in [1.29, 1.82) is 0 Å². The van der Waals surface area contributed by atoms with Crippen LogP contribution in [0.15, 0.2) is 24.3 Å². The van der Waals surface area contributed by atoms with Gasteiger partial charge < -0.3 is 11.1 Å². The SMILES string of the molecule is CN[C@H](C)c1ccccc1N. The quantitative estimate of drug-likeness (QED) is 0.628. The first-order chi connectivity index (χ1) is 5.25. The fourth-order valence-corrected chi connectivity index (χ4v) is 1.06. The number of benzene rings is 1. The minimum Gasteiger partial charge on any atom is -0.398 e. The monoisotopic (exact) mass is 150 g/mol. The number of rotatable bonds is 2. The summed E-state index contributed by atoms with van der Waals surface area (Å²) in [7, 11) is 1.93. The molecule has 0 aliphatic heterocycles. The van der Waals surface area contributed by atoms with Gasteiger partial charge in [-0.05, 0) is 25.6 Å². The number of hydrogen-bond acceptors (Lipinski definition) is 2. The van der Waals surface area contributed by atoms with Crippen LogP contribution in [0.3, 0.4) is 0 Å². The molecule has 2 heteroatoms. The molecule has 0 saturated carbocycles. The molecule has 2 nitrogen and oxygen atoms in total. The van der Waals surface area contributed by atoms with Gasteiger partial charge in [-0.3, -0.25) is 0 Å². The first kappa shape index (κ1) is 8.08. The Kier molecular flexibility index (Phi) is 2.49. The molecule has 0 aliphatic carbocycles. The second-order valence-corrected chi connectivity index (χ2v) is 2.64. The highest BCUT2D eigenvalue weighted by molar-refractivity contribution is 5.47. The summed E-state index contributed by atoms with van der Waals surface area (Å²) in [5, 5.41) is 3.14. The summed E-state index contributed by atoms with van der Waals surface area (Å²) < 4.78 is 0. The lowest BCUT2D eigenvalue weighted by atomic mass is 10.1. The molecule has 0 fully saturated rings. The number of nitrogen functional groups attached to an aromatic ring is 1. The molecular weight excluding hydrogens is 136 g/mol. The predicted molar refractivity (Wildman–Crippen MR) is 48.3 cm³/mol. The minimum atomic E-state index is 0.330. The number of nitrogens with one attached hydrogen (secondary N) is 1. The minimum absolute atomic E-state index is 0.330. The molecule has 0 spiro atoms. The Bertz CT molecular complexity index is 233. The van der Waals surface area contributed by atoms with Crippen LogP contribution in [0.5, 0.6) is 0 Å². The van der Waals surface area contributed by atoms with E-state index in [2.05, 4.69) is 12.2 Å².